The van der Waals surface area contributed by atoms with Crippen molar-refractivity contribution in [3.8, 4) is 0 Å². The van der Waals surface area contributed by atoms with E-state index in [2.05, 4.69) is 15.0 Å². The number of likely N-dealkylation sites (N-methyl/N-ethyl adjacent to an activating group) is 1. The molecule has 0 saturated heterocycles. The van der Waals surface area contributed by atoms with Crippen molar-refractivity contribution in [3.05, 3.63) is 0 Å². The highest BCUT2D eigenvalue weighted by Gasteiger charge is 2.13. The Morgan fingerprint density at radius 2 is 2.42 bits per heavy atom. The molecule has 1 aliphatic rings. The summed E-state index contributed by atoms with van der Waals surface area (Å²) in [5.74, 6) is 0. The quantitative estimate of drug-likeness (QED) is 0.441. The molecule has 66 valence electrons. The van der Waals surface area contributed by atoms with Crippen molar-refractivity contribution < 1.29 is 0 Å². The topological polar surface area (TPSA) is 40.3 Å². The average molecular weight is 166 g/mol. The minimum Gasteiger partial charge on any atom is -0.343 e. The first-order chi connectivity index (χ1) is 5.70. The van der Waals surface area contributed by atoms with E-state index in [1.165, 1.54) is 0 Å². The summed E-state index contributed by atoms with van der Waals surface area (Å²) >= 11 is 0. The fraction of sp³-hybridized carbons (Fsp3) is 0.625. The number of rotatable bonds is 2. The zero-order chi connectivity index (χ0) is 8.97. The van der Waals surface area contributed by atoms with Crippen molar-refractivity contribution in [1.29, 1.82) is 0 Å². The van der Waals surface area contributed by atoms with Crippen LogP contribution in [0.3, 0.4) is 0 Å². The molecule has 0 aromatic carbocycles. The maximum atomic E-state index is 4.23. The van der Waals surface area contributed by atoms with Crippen LogP contribution >= 0.6 is 0 Å². The Morgan fingerprint density at radius 3 is 2.92 bits per heavy atom. The molecule has 4 heteroatoms. The summed E-state index contributed by atoms with van der Waals surface area (Å²) in [5, 5.41) is 0. The van der Waals surface area contributed by atoms with E-state index in [1.807, 2.05) is 25.8 Å². The first kappa shape index (κ1) is 8.90. The third kappa shape index (κ3) is 2.45. The van der Waals surface area contributed by atoms with Crippen molar-refractivity contribution >= 4 is 18.4 Å². The minimum atomic E-state index is 0.146. The van der Waals surface area contributed by atoms with Crippen molar-refractivity contribution in [2.24, 2.45) is 15.0 Å². The van der Waals surface area contributed by atoms with Gasteiger partial charge in [0.1, 0.15) is 12.5 Å². The molecule has 1 rings (SSSR count). The second-order valence-corrected chi connectivity index (χ2v) is 2.97. The molecular formula is C8H14N4. The van der Waals surface area contributed by atoms with E-state index >= 15 is 0 Å². The number of hydrogen-bond acceptors (Lipinski definition) is 3. The van der Waals surface area contributed by atoms with Gasteiger partial charge in [0.15, 0.2) is 0 Å². The Morgan fingerprint density at radius 1 is 1.67 bits per heavy atom. The van der Waals surface area contributed by atoms with Gasteiger partial charge in [0.2, 0.25) is 0 Å². The van der Waals surface area contributed by atoms with Gasteiger partial charge < -0.3 is 4.90 Å². The summed E-state index contributed by atoms with van der Waals surface area (Å²) in [7, 11) is 1.96. The summed E-state index contributed by atoms with van der Waals surface area (Å²) < 4.78 is 0. The molecule has 1 heterocycles. The van der Waals surface area contributed by atoms with Gasteiger partial charge in [0.25, 0.3) is 0 Å². The van der Waals surface area contributed by atoms with Gasteiger partial charge in [-0.25, -0.2) is 9.98 Å². The highest BCUT2D eigenvalue weighted by Crippen LogP contribution is 2.02. The van der Waals surface area contributed by atoms with Crippen molar-refractivity contribution in [1.82, 2.24) is 4.90 Å². The molecule has 0 aliphatic carbocycles. The molecule has 1 unspecified atom stereocenters. The van der Waals surface area contributed by atoms with E-state index in [9.17, 15) is 0 Å². The lowest BCUT2D eigenvalue weighted by Crippen LogP contribution is -2.25. The smallest absolute Gasteiger partial charge is 0.143 e. The molecule has 4 nitrogen and oxygen atoms in total. The second-order valence-electron chi connectivity index (χ2n) is 2.97. The van der Waals surface area contributed by atoms with Gasteiger partial charge in [-0.05, 0) is 13.8 Å². The fourth-order valence-corrected chi connectivity index (χ4v) is 0.854. The summed E-state index contributed by atoms with van der Waals surface area (Å²) in [5.41, 5.74) is 1.01. The predicted molar refractivity (Wildman–Crippen MR) is 52.2 cm³/mol. The van der Waals surface area contributed by atoms with Gasteiger partial charge in [-0.15, -0.1) is 0 Å². The molecule has 0 N–H and O–H groups in total. The number of hydrogen-bond donors (Lipinski definition) is 0. The molecule has 0 saturated carbocycles. The maximum absolute atomic E-state index is 4.23. The Labute approximate surface area is 72.7 Å². The Hall–Kier alpha value is -1.19. The van der Waals surface area contributed by atoms with E-state index in [-0.39, 0.29) is 6.17 Å². The largest absolute Gasteiger partial charge is 0.343 e. The highest BCUT2D eigenvalue weighted by molar-refractivity contribution is 5.86. The van der Waals surface area contributed by atoms with Crippen LogP contribution in [-0.4, -0.2) is 43.0 Å². The SMILES string of the molecule is CC(C)=N/C=N\C1CN=CN1C. The van der Waals surface area contributed by atoms with Crippen LogP contribution in [0, 0.1) is 0 Å². The van der Waals surface area contributed by atoms with Crippen molar-refractivity contribution in [2.75, 3.05) is 13.6 Å². The standard InChI is InChI=1S/C8H14N4/c1-7(2)10-5-11-8-4-9-6-12(8)3/h5-6,8H,4H2,1-3H3/b11-5-. The molecule has 0 aromatic heterocycles. The third-order valence-corrected chi connectivity index (χ3v) is 1.56. The van der Waals surface area contributed by atoms with E-state index < -0.39 is 0 Å². The molecule has 0 radical (unpaired) electrons. The van der Waals surface area contributed by atoms with Crippen LogP contribution in [-0.2, 0) is 0 Å². The molecule has 0 spiro atoms. The van der Waals surface area contributed by atoms with Crippen LogP contribution in [0.4, 0.5) is 0 Å². The normalized spacial score (nSPS) is 22.2. The second kappa shape index (κ2) is 3.99. The Balaban J connectivity index is 2.42. The monoisotopic (exact) mass is 166 g/mol. The molecule has 0 fully saturated rings. The summed E-state index contributed by atoms with van der Waals surface area (Å²) in [4.78, 5) is 14.3. The van der Waals surface area contributed by atoms with Crippen LogP contribution in [0.1, 0.15) is 13.8 Å². The van der Waals surface area contributed by atoms with E-state index in [0.717, 1.165) is 12.3 Å². The van der Waals surface area contributed by atoms with Gasteiger partial charge >= 0.3 is 0 Å². The zero-order valence-corrected chi connectivity index (χ0v) is 7.73. The van der Waals surface area contributed by atoms with Crippen LogP contribution in [0.25, 0.3) is 0 Å². The van der Waals surface area contributed by atoms with E-state index in [0.29, 0.717) is 0 Å². The third-order valence-electron chi connectivity index (χ3n) is 1.56. The van der Waals surface area contributed by atoms with Gasteiger partial charge in [-0.2, -0.15) is 0 Å². The van der Waals surface area contributed by atoms with Gasteiger partial charge in [0.05, 0.1) is 12.9 Å². The maximum Gasteiger partial charge on any atom is 0.143 e. The number of aliphatic imine (C=N–C) groups is 3. The molecule has 1 atom stereocenters. The van der Waals surface area contributed by atoms with Crippen LogP contribution in [0.15, 0.2) is 15.0 Å². The molecular weight excluding hydrogens is 152 g/mol. The summed E-state index contributed by atoms with van der Waals surface area (Å²) in [6.07, 6.45) is 3.54. The Kier molecular flexibility index (Phi) is 2.96. The zero-order valence-electron chi connectivity index (χ0n) is 7.73. The average Bonchev–Trinajstić information content (AvgIpc) is 2.36. The lowest BCUT2D eigenvalue weighted by Gasteiger charge is -2.12. The molecule has 0 aromatic rings. The van der Waals surface area contributed by atoms with Crippen LogP contribution in [0.5, 0.6) is 0 Å². The van der Waals surface area contributed by atoms with Gasteiger partial charge in [-0.3, -0.25) is 4.99 Å². The predicted octanol–water partition coefficient (Wildman–Crippen LogP) is 0.795. The van der Waals surface area contributed by atoms with Crippen LogP contribution in [0.2, 0.25) is 0 Å². The lowest BCUT2D eigenvalue weighted by molar-refractivity contribution is 0.427. The van der Waals surface area contributed by atoms with E-state index in [4.69, 9.17) is 0 Å². The summed E-state index contributed by atoms with van der Waals surface area (Å²) in [6, 6.07) is 0. The first-order valence-electron chi connectivity index (χ1n) is 3.94. The lowest BCUT2D eigenvalue weighted by atomic mass is 10.5. The summed E-state index contributed by atoms with van der Waals surface area (Å²) in [6.45, 7) is 4.63. The van der Waals surface area contributed by atoms with Gasteiger partial charge in [0, 0.05) is 12.8 Å². The van der Waals surface area contributed by atoms with Gasteiger partial charge in [-0.1, -0.05) is 0 Å². The highest BCUT2D eigenvalue weighted by atomic mass is 15.3. The molecule has 0 bridgehead atoms. The molecule has 1 aliphatic heterocycles. The van der Waals surface area contributed by atoms with E-state index in [1.54, 1.807) is 12.7 Å². The van der Waals surface area contributed by atoms with Crippen molar-refractivity contribution in [2.45, 2.75) is 20.0 Å². The van der Waals surface area contributed by atoms with Crippen molar-refractivity contribution in [3.63, 3.8) is 0 Å². The molecule has 12 heavy (non-hydrogen) atoms. The van der Waals surface area contributed by atoms with Crippen LogP contribution < -0.4 is 0 Å². The fourth-order valence-electron chi connectivity index (χ4n) is 0.854. The Bertz CT molecular complexity index is 225. The number of nitrogens with zero attached hydrogens (tertiary/aromatic N) is 4. The first-order valence-corrected chi connectivity index (χ1v) is 3.94. The molecule has 0 amide bonds. The minimum absolute atomic E-state index is 0.146.